The normalized spacial score (nSPS) is 11.6. The summed E-state index contributed by atoms with van der Waals surface area (Å²) in [4.78, 5) is 34.3. The monoisotopic (exact) mass is 296 g/mol. The van der Waals surface area contributed by atoms with Gasteiger partial charge in [-0.25, -0.2) is 4.79 Å². The van der Waals surface area contributed by atoms with Crippen molar-refractivity contribution in [2.75, 3.05) is 7.11 Å². The zero-order valence-electron chi connectivity index (χ0n) is 11.8. The van der Waals surface area contributed by atoms with Gasteiger partial charge in [0.1, 0.15) is 6.61 Å². The van der Waals surface area contributed by atoms with Crippen molar-refractivity contribution in [1.82, 2.24) is 0 Å². The van der Waals surface area contributed by atoms with Crippen molar-refractivity contribution >= 4 is 18.2 Å². The maximum Gasteiger partial charge on any atom is 0.337 e. The van der Waals surface area contributed by atoms with Crippen LogP contribution in [0.1, 0.15) is 31.8 Å². The van der Waals surface area contributed by atoms with Crippen molar-refractivity contribution in [3.8, 4) is 11.1 Å². The molecule has 0 aliphatic heterocycles. The highest BCUT2D eigenvalue weighted by Gasteiger charge is 2.27. The van der Waals surface area contributed by atoms with Gasteiger partial charge < -0.3 is 9.47 Å². The molecule has 0 saturated carbocycles. The van der Waals surface area contributed by atoms with Gasteiger partial charge in [0, 0.05) is 11.1 Å². The molecule has 110 valence electrons. The number of ketones is 1. The smallest absolute Gasteiger partial charge is 0.337 e. The lowest BCUT2D eigenvalue weighted by molar-refractivity contribution is -0.129. The first kappa shape index (κ1) is 14.0. The summed E-state index contributed by atoms with van der Waals surface area (Å²) in [5.74, 6) is -0.534. The Labute approximate surface area is 126 Å². The van der Waals surface area contributed by atoms with E-state index in [1.54, 1.807) is 36.4 Å². The molecule has 0 saturated heterocycles. The molecule has 0 spiro atoms. The second-order valence-corrected chi connectivity index (χ2v) is 4.87. The Hall–Kier alpha value is -2.95. The van der Waals surface area contributed by atoms with Crippen LogP contribution in [0.15, 0.2) is 36.4 Å². The number of benzene rings is 2. The zero-order chi connectivity index (χ0) is 15.7. The highest BCUT2D eigenvalue weighted by Crippen LogP contribution is 2.37. The van der Waals surface area contributed by atoms with E-state index >= 15 is 0 Å². The fourth-order valence-corrected chi connectivity index (χ4v) is 2.59. The van der Waals surface area contributed by atoms with Crippen molar-refractivity contribution in [2.45, 2.75) is 6.61 Å². The number of hydrogen-bond donors (Lipinski definition) is 0. The summed E-state index contributed by atoms with van der Waals surface area (Å²) in [5.41, 5.74) is 3.71. The van der Waals surface area contributed by atoms with Crippen LogP contribution in [0.2, 0.25) is 0 Å². The van der Waals surface area contributed by atoms with Crippen LogP contribution in [0.5, 0.6) is 0 Å². The number of esters is 1. The van der Waals surface area contributed by atoms with E-state index in [1.807, 2.05) is 0 Å². The molecule has 1 aliphatic carbocycles. The number of methoxy groups -OCH3 is 1. The second-order valence-electron chi connectivity index (χ2n) is 4.87. The summed E-state index contributed by atoms with van der Waals surface area (Å²) in [7, 11) is 1.31. The van der Waals surface area contributed by atoms with Gasteiger partial charge in [0.25, 0.3) is 6.47 Å². The van der Waals surface area contributed by atoms with Crippen molar-refractivity contribution < 1.29 is 23.9 Å². The lowest BCUT2D eigenvalue weighted by Crippen LogP contribution is -2.02. The molecule has 0 N–H and O–H groups in total. The highest BCUT2D eigenvalue weighted by molar-refractivity contribution is 6.22. The van der Waals surface area contributed by atoms with E-state index in [4.69, 9.17) is 9.47 Å². The molecule has 0 bridgehead atoms. The average molecular weight is 296 g/mol. The van der Waals surface area contributed by atoms with Gasteiger partial charge in [-0.05, 0) is 41.0 Å². The van der Waals surface area contributed by atoms with Crippen molar-refractivity contribution in [2.24, 2.45) is 0 Å². The Morgan fingerprint density at radius 2 is 1.73 bits per heavy atom. The van der Waals surface area contributed by atoms with Gasteiger partial charge in [-0.15, -0.1) is 0 Å². The van der Waals surface area contributed by atoms with E-state index in [0.717, 1.165) is 11.1 Å². The highest BCUT2D eigenvalue weighted by atomic mass is 16.5. The van der Waals surface area contributed by atoms with Crippen LogP contribution in [0.3, 0.4) is 0 Å². The first-order valence-electron chi connectivity index (χ1n) is 6.61. The Balaban J connectivity index is 2.10. The summed E-state index contributed by atoms with van der Waals surface area (Å²) in [6.45, 7) is 0.513. The molecule has 22 heavy (non-hydrogen) atoms. The summed E-state index contributed by atoms with van der Waals surface area (Å²) in [6, 6.07) is 10.1. The average Bonchev–Trinajstić information content (AvgIpc) is 2.84. The van der Waals surface area contributed by atoms with Gasteiger partial charge in [0.05, 0.1) is 12.7 Å². The molecule has 3 rings (SSSR count). The van der Waals surface area contributed by atoms with Crippen LogP contribution in [0.4, 0.5) is 0 Å². The van der Waals surface area contributed by atoms with Crippen molar-refractivity contribution in [3.63, 3.8) is 0 Å². The molecule has 0 unspecified atom stereocenters. The number of carbonyl (C=O) groups is 3. The molecule has 5 nitrogen and oxygen atoms in total. The van der Waals surface area contributed by atoms with Crippen LogP contribution in [0, 0.1) is 0 Å². The van der Waals surface area contributed by atoms with Gasteiger partial charge in [-0.1, -0.05) is 12.1 Å². The van der Waals surface area contributed by atoms with E-state index in [0.29, 0.717) is 28.7 Å². The Bertz CT molecular complexity index is 792. The number of fused-ring (bicyclic) bond motifs is 3. The maximum absolute atomic E-state index is 12.4. The number of hydrogen-bond acceptors (Lipinski definition) is 5. The van der Waals surface area contributed by atoms with Gasteiger partial charge in [0.2, 0.25) is 0 Å². The van der Waals surface area contributed by atoms with Crippen LogP contribution < -0.4 is 0 Å². The molecule has 5 heteroatoms. The lowest BCUT2D eigenvalue weighted by atomic mass is 10.0. The van der Waals surface area contributed by atoms with Gasteiger partial charge in [0.15, 0.2) is 5.78 Å². The molecule has 0 heterocycles. The molecule has 0 fully saturated rings. The molecule has 1 aliphatic rings. The fourth-order valence-electron chi connectivity index (χ4n) is 2.59. The first-order valence-corrected chi connectivity index (χ1v) is 6.61. The predicted octanol–water partition coefficient (Wildman–Crippen LogP) is 2.36. The molecule has 2 aromatic carbocycles. The van der Waals surface area contributed by atoms with Gasteiger partial charge in [-0.2, -0.15) is 0 Å². The summed E-state index contributed by atoms with van der Waals surface area (Å²) < 4.78 is 9.44. The molecule has 2 aromatic rings. The topological polar surface area (TPSA) is 69.7 Å². The maximum atomic E-state index is 12.4. The minimum Gasteiger partial charge on any atom is -0.465 e. The van der Waals surface area contributed by atoms with Crippen LogP contribution in [-0.2, 0) is 20.9 Å². The molecular weight excluding hydrogens is 284 g/mol. The standard InChI is InChI=1S/C17H12O5/c1-21-17(20)11-3-5-13-15(7-11)14-6-10(8-22-9-18)2-4-12(14)16(13)19/h2-7,9H,8H2,1H3. The SMILES string of the molecule is COC(=O)c1ccc2c(c1)-c1cc(COC=O)ccc1C2=O. The molecule has 0 amide bonds. The van der Waals surface area contributed by atoms with Crippen LogP contribution >= 0.6 is 0 Å². The van der Waals surface area contributed by atoms with Crippen molar-refractivity contribution in [3.05, 3.63) is 58.7 Å². The number of rotatable bonds is 4. The minimum atomic E-state index is -0.454. The Kier molecular flexibility index (Phi) is 3.47. The Morgan fingerprint density at radius 1 is 1.05 bits per heavy atom. The lowest BCUT2D eigenvalue weighted by Gasteiger charge is -2.05. The van der Waals surface area contributed by atoms with Gasteiger partial charge >= 0.3 is 5.97 Å². The van der Waals surface area contributed by atoms with Crippen LogP contribution in [-0.4, -0.2) is 25.3 Å². The third-order valence-electron chi connectivity index (χ3n) is 3.62. The van der Waals surface area contributed by atoms with E-state index < -0.39 is 5.97 Å². The number of ether oxygens (including phenoxy) is 2. The third-order valence-corrected chi connectivity index (χ3v) is 3.62. The quantitative estimate of drug-likeness (QED) is 0.546. The summed E-state index contributed by atoms with van der Waals surface area (Å²) in [6.07, 6.45) is 0. The summed E-state index contributed by atoms with van der Waals surface area (Å²) in [5, 5.41) is 0. The largest absolute Gasteiger partial charge is 0.465 e. The third kappa shape index (κ3) is 2.16. The van der Waals surface area contributed by atoms with Gasteiger partial charge in [-0.3, -0.25) is 9.59 Å². The van der Waals surface area contributed by atoms with E-state index in [9.17, 15) is 14.4 Å². The fraction of sp³-hybridized carbons (Fsp3) is 0.118. The number of carbonyl (C=O) groups excluding carboxylic acids is 3. The zero-order valence-corrected chi connectivity index (χ0v) is 11.8. The minimum absolute atomic E-state index is 0.0794. The van der Waals surface area contributed by atoms with Crippen LogP contribution in [0.25, 0.3) is 11.1 Å². The Morgan fingerprint density at radius 3 is 2.41 bits per heavy atom. The summed E-state index contributed by atoms with van der Waals surface area (Å²) >= 11 is 0. The van der Waals surface area contributed by atoms with E-state index in [1.165, 1.54) is 7.11 Å². The van der Waals surface area contributed by atoms with E-state index in [-0.39, 0.29) is 12.4 Å². The predicted molar refractivity (Wildman–Crippen MR) is 77.5 cm³/mol. The molecule has 0 aromatic heterocycles. The first-order chi connectivity index (χ1) is 10.7. The van der Waals surface area contributed by atoms with Crippen molar-refractivity contribution in [1.29, 1.82) is 0 Å². The van der Waals surface area contributed by atoms with E-state index in [2.05, 4.69) is 0 Å². The molecule has 0 atom stereocenters. The second kappa shape index (κ2) is 5.44. The molecule has 0 radical (unpaired) electrons. The molecular formula is C17H12O5.